The summed E-state index contributed by atoms with van der Waals surface area (Å²) < 4.78 is 26.5. The Morgan fingerprint density at radius 3 is 2.50 bits per heavy atom. The maximum absolute atomic E-state index is 13.2. The second kappa shape index (κ2) is 6.32. The second-order valence-electron chi connectivity index (χ2n) is 5.58. The third-order valence-corrected chi connectivity index (χ3v) is 4.57. The number of likely N-dealkylation sites (tertiary alicyclic amines) is 1. The number of benzene rings is 1. The van der Waals surface area contributed by atoms with Crippen molar-refractivity contribution in [2.24, 2.45) is 0 Å². The summed E-state index contributed by atoms with van der Waals surface area (Å²) in [6.07, 6.45) is 3.33. The van der Waals surface area contributed by atoms with Crippen LogP contribution in [-0.2, 0) is 5.92 Å². The Bertz CT molecular complexity index is 462. The predicted octanol–water partition coefficient (Wildman–Crippen LogP) is 4.66. The lowest BCUT2D eigenvalue weighted by Gasteiger charge is -2.34. The van der Waals surface area contributed by atoms with Crippen LogP contribution in [0.25, 0.3) is 0 Å². The monoisotopic (exact) mass is 297 g/mol. The Balaban J connectivity index is 2.16. The van der Waals surface area contributed by atoms with Gasteiger partial charge in [-0.25, -0.2) is 8.78 Å². The molecule has 4 heteroatoms. The van der Waals surface area contributed by atoms with Crippen LogP contribution in [0.5, 0.6) is 0 Å². The number of alkyl halides is 2. The highest BCUT2D eigenvalue weighted by Gasteiger charge is 2.27. The van der Waals surface area contributed by atoms with E-state index in [4.69, 9.17) is 0 Å². The molecule has 0 saturated carbocycles. The van der Waals surface area contributed by atoms with Crippen molar-refractivity contribution in [2.75, 3.05) is 13.1 Å². The van der Waals surface area contributed by atoms with Crippen molar-refractivity contribution < 1.29 is 8.78 Å². The summed E-state index contributed by atoms with van der Waals surface area (Å²) in [5, 5.41) is 0. The topological polar surface area (TPSA) is 3.24 Å². The molecule has 1 aliphatic rings. The fourth-order valence-electron chi connectivity index (χ4n) is 2.80. The fourth-order valence-corrected chi connectivity index (χ4v) is 3.33. The Kier molecular flexibility index (Phi) is 4.93. The van der Waals surface area contributed by atoms with Crippen LogP contribution in [-0.4, -0.2) is 23.4 Å². The second-order valence-corrected chi connectivity index (χ2v) is 6.09. The normalized spacial score (nSPS) is 21.2. The fraction of sp³-hybridized carbons (Fsp3) is 0.562. The lowest BCUT2D eigenvalue weighted by Crippen LogP contribution is -2.39. The molecular weight excluding hydrogens is 275 g/mol. The standard InChI is InChI=1S/C16H22F2NP/c1-3-10-19-11-4-5-14(15(19)20)12-6-8-13(9-7-12)16(2,17)18/h6-9,14,20H,3-5,10-11H2,1-2H3. The van der Waals surface area contributed by atoms with Gasteiger partial charge in [0.1, 0.15) is 0 Å². The zero-order valence-corrected chi connectivity index (χ0v) is 13.1. The van der Waals surface area contributed by atoms with Gasteiger partial charge in [0, 0.05) is 36.9 Å². The molecule has 1 heterocycles. The van der Waals surface area contributed by atoms with Crippen LogP contribution < -0.4 is 0 Å². The Labute approximate surface area is 122 Å². The van der Waals surface area contributed by atoms with Crippen LogP contribution in [0.2, 0.25) is 0 Å². The molecule has 1 nitrogen and oxygen atoms in total. The van der Waals surface area contributed by atoms with Gasteiger partial charge in [0.2, 0.25) is 0 Å². The molecule has 1 aliphatic heterocycles. The molecule has 0 bridgehead atoms. The molecular formula is C16H22F2NP. The van der Waals surface area contributed by atoms with E-state index in [1.807, 2.05) is 12.1 Å². The van der Waals surface area contributed by atoms with Crippen molar-refractivity contribution in [1.82, 2.24) is 4.90 Å². The molecule has 0 N–H and O–H groups in total. The maximum Gasteiger partial charge on any atom is 0.270 e. The van der Waals surface area contributed by atoms with Crippen molar-refractivity contribution in [3.8, 4) is 0 Å². The van der Waals surface area contributed by atoms with Gasteiger partial charge in [0.25, 0.3) is 5.92 Å². The molecule has 1 saturated heterocycles. The van der Waals surface area contributed by atoms with Crippen molar-refractivity contribution in [3.63, 3.8) is 0 Å². The van der Waals surface area contributed by atoms with Crippen LogP contribution in [0.1, 0.15) is 50.2 Å². The molecule has 0 spiro atoms. The summed E-state index contributed by atoms with van der Waals surface area (Å²) in [5.74, 6) is -2.47. The van der Waals surface area contributed by atoms with Crippen LogP contribution >= 0.6 is 8.86 Å². The van der Waals surface area contributed by atoms with Crippen molar-refractivity contribution >= 4 is 14.3 Å². The van der Waals surface area contributed by atoms with E-state index >= 15 is 0 Å². The summed E-state index contributed by atoms with van der Waals surface area (Å²) in [5.41, 5.74) is 2.39. The SMILES string of the molecule is CCCN1CCCC(c2ccc(C(C)(F)F)cc2)C1=P. The minimum atomic E-state index is -2.76. The summed E-state index contributed by atoms with van der Waals surface area (Å²) in [4.78, 5) is 2.35. The lowest BCUT2D eigenvalue weighted by atomic mass is 9.89. The first-order chi connectivity index (χ1) is 9.43. The first-order valence-corrected chi connectivity index (χ1v) is 7.75. The van der Waals surface area contributed by atoms with Crippen molar-refractivity contribution in [3.05, 3.63) is 35.4 Å². The molecule has 1 atom stereocenters. The number of piperidine rings is 1. The van der Waals surface area contributed by atoms with Crippen LogP contribution in [0.4, 0.5) is 8.78 Å². The van der Waals surface area contributed by atoms with Crippen molar-refractivity contribution in [1.29, 1.82) is 0 Å². The van der Waals surface area contributed by atoms with E-state index in [1.54, 1.807) is 12.1 Å². The van der Waals surface area contributed by atoms with E-state index in [9.17, 15) is 8.78 Å². The number of hydrogen-bond donors (Lipinski definition) is 0. The van der Waals surface area contributed by atoms with Gasteiger partial charge in [-0.15, -0.1) is 8.86 Å². The highest BCUT2D eigenvalue weighted by Crippen LogP contribution is 2.32. The van der Waals surface area contributed by atoms with Gasteiger partial charge in [-0.05, 0) is 24.8 Å². The van der Waals surface area contributed by atoms with E-state index in [0.29, 0.717) is 5.92 Å². The summed E-state index contributed by atoms with van der Waals surface area (Å²) in [6.45, 7) is 5.23. The van der Waals surface area contributed by atoms with Gasteiger partial charge in [0.15, 0.2) is 0 Å². The molecule has 0 radical (unpaired) electrons. The van der Waals surface area contributed by atoms with E-state index in [1.165, 1.54) is 5.42 Å². The minimum absolute atomic E-state index is 0.0815. The molecule has 20 heavy (non-hydrogen) atoms. The molecule has 1 unspecified atom stereocenters. The Morgan fingerprint density at radius 2 is 1.95 bits per heavy atom. The first kappa shape index (κ1) is 15.6. The molecule has 0 aromatic heterocycles. The average molecular weight is 297 g/mol. The molecule has 0 aliphatic carbocycles. The van der Waals surface area contributed by atoms with Gasteiger partial charge in [-0.3, -0.25) is 4.90 Å². The third-order valence-electron chi connectivity index (χ3n) is 3.91. The van der Waals surface area contributed by atoms with E-state index < -0.39 is 5.92 Å². The zero-order chi connectivity index (χ0) is 14.8. The zero-order valence-electron chi connectivity index (χ0n) is 12.1. The van der Waals surface area contributed by atoms with E-state index in [0.717, 1.165) is 44.8 Å². The number of nitrogens with zero attached hydrogens (tertiary/aromatic N) is 1. The van der Waals surface area contributed by atoms with Crippen LogP contribution in [0.15, 0.2) is 24.3 Å². The van der Waals surface area contributed by atoms with Gasteiger partial charge in [-0.1, -0.05) is 31.2 Å². The van der Waals surface area contributed by atoms with Gasteiger partial charge >= 0.3 is 0 Å². The largest absolute Gasteiger partial charge is 0.275 e. The van der Waals surface area contributed by atoms with Crippen LogP contribution in [0.3, 0.4) is 0 Å². The van der Waals surface area contributed by atoms with Crippen molar-refractivity contribution in [2.45, 2.75) is 45.0 Å². The van der Waals surface area contributed by atoms with Gasteiger partial charge in [-0.2, -0.15) is 0 Å². The summed E-state index contributed by atoms with van der Waals surface area (Å²) >= 11 is 0. The minimum Gasteiger partial charge on any atom is -0.275 e. The number of halogens is 2. The summed E-state index contributed by atoms with van der Waals surface area (Å²) in [7, 11) is 3.77. The van der Waals surface area contributed by atoms with Crippen LogP contribution in [0, 0.1) is 0 Å². The molecule has 1 fully saturated rings. The molecule has 110 valence electrons. The Hall–Kier alpha value is -0.790. The predicted molar refractivity (Wildman–Crippen MR) is 83.2 cm³/mol. The molecule has 2 rings (SSSR count). The lowest BCUT2D eigenvalue weighted by molar-refractivity contribution is 0.0174. The summed E-state index contributed by atoms with van der Waals surface area (Å²) in [6, 6.07) is 6.78. The Morgan fingerprint density at radius 1 is 1.30 bits per heavy atom. The average Bonchev–Trinajstić information content (AvgIpc) is 2.41. The quantitative estimate of drug-likeness (QED) is 0.731. The van der Waals surface area contributed by atoms with Gasteiger partial charge in [0.05, 0.1) is 0 Å². The number of hydrogen-bond acceptors (Lipinski definition) is 0. The first-order valence-electron chi connectivity index (χ1n) is 7.25. The highest BCUT2D eigenvalue weighted by atomic mass is 31.0. The van der Waals surface area contributed by atoms with E-state index in [2.05, 4.69) is 20.7 Å². The smallest absolute Gasteiger partial charge is 0.270 e. The highest BCUT2D eigenvalue weighted by molar-refractivity contribution is 7.21. The molecule has 1 aromatic rings. The van der Waals surface area contributed by atoms with Gasteiger partial charge < -0.3 is 0 Å². The maximum atomic E-state index is 13.2. The molecule has 0 amide bonds. The van der Waals surface area contributed by atoms with E-state index in [-0.39, 0.29) is 5.56 Å². The molecule has 1 aromatic carbocycles. The number of rotatable bonds is 4. The third kappa shape index (κ3) is 3.45.